The third kappa shape index (κ3) is 5.28. The van der Waals surface area contributed by atoms with Crippen LogP contribution in [0.5, 0.6) is 0 Å². The molecule has 0 saturated heterocycles. The molecule has 18 heavy (non-hydrogen) atoms. The summed E-state index contributed by atoms with van der Waals surface area (Å²) in [5.74, 6) is -0.0463. The molecule has 0 aliphatic heterocycles. The zero-order valence-electron chi connectivity index (χ0n) is 10.5. The number of amides is 2. The fourth-order valence-corrected chi connectivity index (χ4v) is 1.15. The average molecular weight is 254 g/mol. The molecule has 0 aliphatic carbocycles. The minimum absolute atomic E-state index is 0.0122. The standard InChI is InChI=1S/C10H18N6O2/c1-7(2)3-12-8(17)4-13-9(18)5-16-6-14-10(11)15-16/h6-7H,3-5H2,1-2H3,(H2,11,15)(H,12,17)(H,13,18). The van der Waals surface area contributed by atoms with E-state index in [2.05, 4.69) is 20.7 Å². The van der Waals surface area contributed by atoms with E-state index < -0.39 is 0 Å². The molecule has 0 fully saturated rings. The second kappa shape index (κ2) is 6.58. The van der Waals surface area contributed by atoms with Crippen LogP contribution in [0.1, 0.15) is 13.8 Å². The maximum Gasteiger partial charge on any atom is 0.242 e. The van der Waals surface area contributed by atoms with Crippen LogP contribution in [0.25, 0.3) is 0 Å². The minimum atomic E-state index is -0.320. The molecule has 1 heterocycles. The molecule has 1 aromatic rings. The van der Waals surface area contributed by atoms with Crippen LogP contribution >= 0.6 is 0 Å². The lowest BCUT2D eigenvalue weighted by molar-refractivity contribution is -0.126. The van der Waals surface area contributed by atoms with Crippen molar-refractivity contribution in [1.82, 2.24) is 25.4 Å². The van der Waals surface area contributed by atoms with Gasteiger partial charge in [-0.1, -0.05) is 13.8 Å². The molecule has 0 unspecified atom stereocenters. The molecule has 0 saturated carbocycles. The maximum absolute atomic E-state index is 11.4. The summed E-state index contributed by atoms with van der Waals surface area (Å²) >= 11 is 0. The van der Waals surface area contributed by atoms with E-state index in [4.69, 9.17) is 5.73 Å². The number of rotatable bonds is 6. The molecule has 8 nitrogen and oxygen atoms in total. The molecular weight excluding hydrogens is 236 g/mol. The second-order valence-corrected chi connectivity index (χ2v) is 4.28. The molecule has 0 aliphatic rings. The molecule has 2 amide bonds. The van der Waals surface area contributed by atoms with Crippen LogP contribution in [0, 0.1) is 5.92 Å². The van der Waals surface area contributed by atoms with Crippen molar-refractivity contribution in [1.29, 1.82) is 0 Å². The SMILES string of the molecule is CC(C)CNC(=O)CNC(=O)Cn1cnc(N)n1. The topological polar surface area (TPSA) is 115 Å². The molecule has 0 bridgehead atoms. The van der Waals surface area contributed by atoms with Crippen LogP contribution in [0.3, 0.4) is 0 Å². The van der Waals surface area contributed by atoms with Gasteiger partial charge in [0.2, 0.25) is 17.8 Å². The fourth-order valence-electron chi connectivity index (χ4n) is 1.15. The normalized spacial score (nSPS) is 10.4. The van der Waals surface area contributed by atoms with Crippen LogP contribution in [0.4, 0.5) is 5.95 Å². The fraction of sp³-hybridized carbons (Fsp3) is 0.600. The number of nitrogen functional groups attached to an aromatic ring is 1. The summed E-state index contributed by atoms with van der Waals surface area (Å²) in [5.41, 5.74) is 5.31. The van der Waals surface area contributed by atoms with Gasteiger partial charge in [-0.3, -0.25) is 9.59 Å². The van der Waals surface area contributed by atoms with Crippen molar-refractivity contribution in [2.75, 3.05) is 18.8 Å². The van der Waals surface area contributed by atoms with Crippen molar-refractivity contribution in [3.63, 3.8) is 0 Å². The van der Waals surface area contributed by atoms with Gasteiger partial charge in [0, 0.05) is 6.54 Å². The third-order valence-corrected chi connectivity index (χ3v) is 2.01. The van der Waals surface area contributed by atoms with Crippen LogP contribution < -0.4 is 16.4 Å². The highest BCUT2D eigenvalue weighted by Gasteiger charge is 2.07. The predicted molar refractivity (Wildman–Crippen MR) is 65.3 cm³/mol. The Morgan fingerprint density at radius 2 is 2.11 bits per heavy atom. The van der Waals surface area contributed by atoms with Crippen LogP contribution in [-0.4, -0.2) is 39.7 Å². The van der Waals surface area contributed by atoms with E-state index in [1.54, 1.807) is 0 Å². The number of nitrogens with two attached hydrogens (primary N) is 1. The molecular formula is C10H18N6O2. The van der Waals surface area contributed by atoms with Gasteiger partial charge in [0.1, 0.15) is 12.9 Å². The summed E-state index contributed by atoms with van der Waals surface area (Å²) in [6.45, 7) is 4.52. The quantitative estimate of drug-likeness (QED) is 0.586. The van der Waals surface area contributed by atoms with Gasteiger partial charge >= 0.3 is 0 Å². The van der Waals surface area contributed by atoms with E-state index >= 15 is 0 Å². The van der Waals surface area contributed by atoms with Gasteiger partial charge in [-0.25, -0.2) is 9.67 Å². The first-order chi connectivity index (χ1) is 8.47. The van der Waals surface area contributed by atoms with Crippen molar-refractivity contribution in [2.45, 2.75) is 20.4 Å². The molecule has 0 aromatic carbocycles. The maximum atomic E-state index is 11.4. The summed E-state index contributed by atoms with van der Waals surface area (Å²) in [4.78, 5) is 26.5. The Morgan fingerprint density at radius 1 is 1.39 bits per heavy atom. The van der Waals surface area contributed by atoms with Gasteiger partial charge in [0.25, 0.3) is 0 Å². The van der Waals surface area contributed by atoms with Gasteiger partial charge < -0.3 is 16.4 Å². The summed E-state index contributed by atoms with van der Waals surface area (Å²) in [5, 5.41) is 8.94. The highest BCUT2D eigenvalue weighted by molar-refractivity contribution is 5.84. The molecule has 8 heteroatoms. The van der Waals surface area contributed by atoms with Crippen molar-refractivity contribution in [2.24, 2.45) is 5.92 Å². The number of anilines is 1. The first-order valence-corrected chi connectivity index (χ1v) is 5.65. The van der Waals surface area contributed by atoms with E-state index in [0.717, 1.165) is 0 Å². The number of carbonyl (C=O) groups is 2. The first kappa shape index (κ1) is 13.9. The second-order valence-electron chi connectivity index (χ2n) is 4.28. The zero-order chi connectivity index (χ0) is 13.5. The molecule has 1 rings (SSSR count). The molecule has 4 N–H and O–H groups in total. The Hall–Kier alpha value is -2.12. The van der Waals surface area contributed by atoms with Crippen LogP contribution in [0.15, 0.2) is 6.33 Å². The lowest BCUT2D eigenvalue weighted by Gasteiger charge is -2.08. The Morgan fingerprint density at radius 3 is 2.67 bits per heavy atom. The van der Waals surface area contributed by atoms with Gasteiger partial charge in [0.15, 0.2) is 0 Å². The number of hydrogen-bond acceptors (Lipinski definition) is 5. The highest BCUT2D eigenvalue weighted by Crippen LogP contribution is 1.89. The minimum Gasteiger partial charge on any atom is -0.367 e. The molecule has 0 spiro atoms. The first-order valence-electron chi connectivity index (χ1n) is 5.65. The zero-order valence-corrected chi connectivity index (χ0v) is 10.5. The van der Waals surface area contributed by atoms with Crippen molar-refractivity contribution < 1.29 is 9.59 Å². The Labute approximate surface area is 105 Å². The summed E-state index contributed by atoms with van der Waals surface area (Å²) < 4.78 is 1.30. The van der Waals surface area contributed by atoms with Gasteiger partial charge in [0.05, 0.1) is 6.54 Å². The van der Waals surface area contributed by atoms with Crippen LogP contribution in [-0.2, 0) is 16.1 Å². The average Bonchev–Trinajstić information content (AvgIpc) is 2.69. The van der Waals surface area contributed by atoms with Gasteiger partial charge in [-0.05, 0) is 5.92 Å². The van der Waals surface area contributed by atoms with Crippen molar-refractivity contribution in [3.8, 4) is 0 Å². The summed E-state index contributed by atoms with van der Waals surface area (Å²) in [6.07, 6.45) is 1.35. The Bertz CT molecular complexity index is 414. The Kier molecular flexibility index (Phi) is 5.09. The number of aromatic nitrogens is 3. The highest BCUT2D eigenvalue weighted by atomic mass is 16.2. The van der Waals surface area contributed by atoms with E-state index in [1.165, 1.54) is 11.0 Å². The number of carbonyl (C=O) groups excluding carboxylic acids is 2. The van der Waals surface area contributed by atoms with Gasteiger partial charge in [-0.2, -0.15) is 0 Å². The number of nitrogens with zero attached hydrogens (tertiary/aromatic N) is 3. The van der Waals surface area contributed by atoms with Crippen molar-refractivity contribution in [3.05, 3.63) is 6.33 Å². The molecule has 0 atom stereocenters. The summed E-state index contributed by atoms with van der Waals surface area (Å²) in [6, 6.07) is 0. The van der Waals surface area contributed by atoms with Crippen LogP contribution in [0.2, 0.25) is 0 Å². The number of nitrogens with one attached hydrogen (secondary N) is 2. The molecule has 1 aromatic heterocycles. The number of hydrogen-bond donors (Lipinski definition) is 3. The largest absolute Gasteiger partial charge is 0.367 e. The predicted octanol–water partition coefficient (Wildman–Crippen LogP) is -1.25. The molecule has 0 radical (unpaired) electrons. The summed E-state index contributed by atoms with van der Waals surface area (Å²) in [7, 11) is 0. The van der Waals surface area contributed by atoms with E-state index in [9.17, 15) is 9.59 Å². The lowest BCUT2D eigenvalue weighted by atomic mass is 10.2. The van der Waals surface area contributed by atoms with E-state index in [-0.39, 0.29) is 30.9 Å². The monoisotopic (exact) mass is 254 g/mol. The van der Waals surface area contributed by atoms with E-state index in [0.29, 0.717) is 12.5 Å². The van der Waals surface area contributed by atoms with Crippen molar-refractivity contribution >= 4 is 17.8 Å². The smallest absolute Gasteiger partial charge is 0.242 e. The van der Waals surface area contributed by atoms with E-state index in [1.807, 2.05) is 13.8 Å². The molecule has 100 valence electrons. The Balaban J connectivity index is 2.22. The van der Waals surface area contributed by atoms with Gasteiger partial charge in [-0.15, -0.1) is 5.10 Å². The lowest BCUT2D eigenvalue weighted by Crippen LogP contribution is -2.39. The third-order valence-electron chi connectivity index (χ3n) is 2.01.